The lowest BCUT2D eigenvalue weighted by atomic mass is 9.94. The van der Waals surface area contributed by atoms with Crippen molar-refractivity contribution >= 4 is 22.6 Å². The molecule has 188 valence electrons. The molecule has 0 spiro atoms. The number of rotatable bonds is 6. The van der Waals surface area contributed by atoms with Crippen LogP contribution in [0.4, 0.5) is 0 Å². The molecule has 5 rings (SSSR count). The molecule has 3 aromatic rings. The van der Waals surface area contributed by atoms with Gasteiger partial charge >= 0.3 is 0 Å². The Morgan fingerprint density at radius 1 is 0.944 bits per heavy atom. The molecule has 6 heteroatoms. The first-order valence-corrected chi connectivity index (χ1v) is 13.0. The molecule has 2 heterocycles. The van der Waals surface area contributed by atoms with E-state index >= 15 is 0 Å². The number of piperidine rings is 2. The fourth-order valence-corrected chi connectivity index (χ4v) is 5.54. The number of hydrogen-bond acceptors (Lipinski definition) is 4. The monoisotopic (exact) mass is 485 g/mol. The number of amides is 2. The van der Waals surface area contributed by atoms with Gasteiger partial charge in [0.05, 0.1) is 13.0 Å². The van der Waals surface area contributed by atoms with Crippen molar-refractivity contribution < 1.29 is 14.3 Å². The lowest BCUT2D eigenvalue weighted by Crippen LogP contribution is -2.50. The molecule has 3 aromatic carbocycles. The van der Waals surface area contributed by atoms with Crippen LogP contribution in [0.3, 0.4) is 0 Å². The molecule has 2 amide bonds. The zero-order valence-electron chi connectivity index (χ0n) is 21.0. The third-order valence-corrected chi connectivity index (χ3v) is 7.57. The van der Waals surface area contributed by atoms with E-state index in [0.29, 0.717) is 13.1 Å². The second kappa shape index (κ2) is 11.1. The quantitative estimate of drug-likeness (QED) is 0.559. The second-order valence-corrected chi connectivity index (χ2v) is 10.0. The van der Waals surface area contributed by atoms with Crippen LogP contribution in [-0.4, -0.2) is 60.9 Å². The molecule has 0 saturated carbocycles. The minimum absolute atomic E-state index is 0.0233. The van der Waals surface area contributed by atoms with Crippen molar-refractivity contribution in [2.75, 3.05) is 33.3 Å². The molecule has 2 aliphatic heterocycles. The van der Waals surface area contributed by atoms with Gasteiger partial charge in [-0.05, 0) is 60.2 Å². The molecule has 0 bridgehead atoms. The van der Waals surface area contributed by atoms with Crippen molar-refractivity contribution in [1.82, 2.24) is 15.1 Å². The number of nitrogens with one attached hydrogen (secondary N) is 1. The van der Waals surface area contributed by atoms with Gasteiger partial charge in [0.1, 0.15) is 5.75 Å². The predicted molar refractivity (Wildman–Crippen MR) is 142 cm³/mol. The van der Waals surface area contributed by atoms with Crippen LogP contribution in [0.25, 0.3) is 10.8 Å². The Morgan fingerprint density at radius 2 is 1.72 bits per heavy atom. The number of ether oxygens (including phenoxy) is 1. The van der Waals surface area contributed by atoms with Crippen molar-refractivity contribution in [2.45, 2.75) is 38.3 Å². The molecule has 2 fully saturated rings. The minimum Gasteiger partial charge on any atom is -0.497 e. The molecule has 1 atom stereocenters. The lowest BCUT2D eigenvalue weighted by Gasteiger charge is -2.35. The Bertz CT molecular complexity index is 1210. The maximum Gasteiger partial charge on any atom is 0.254 e. The van der Waals surface area contributed by atoms with Gasteiger partial charge < -0.3 is 15.0 Å². The number of methoxy groups -OCH3 is 1. The number of benzene rings is 3. The standard InChI is InChI=1S/C30H35N3O3/c1-36-26-11-4-7-22(19-26)20-32-17-14-25(15-18-32)31-29(34)24-10-6-16-33(21-24)30(35)28-13-5-9-23-8-2-3-12-27(23)28/h2-5,7-9,11-13,19,24-25H,6,10,14-18,20-21H2,1H3,(H,31,34). The van der Waals surface area contributed by atoms with E-state index in [1.807, 2.05) is 59.5 Å². The SMILES string of the molecule is COc1cccc(CN2CCC(NC(=O)C3CCCN(C(=O)c4cccc5ccccc45)C3)CC2)c1. The van der Waals surface area contributed by atoms with Gasteiger partial charge in [-0.2, -0.15) is 0 Å². The van der Waals surface area contributed by atoms with E-state index in [1.165, 1.54) is 5.56 Å². The van der Waals surface area contributed by atoms with Crippen LogP contribution < -0.4 is 10.1 Å². The van der Waals surface area contributed by atoms with Crippen molar-refractivity contribution in [2.24, 2.45) is 5.92 Å². The summed E-state index contributed by atoms with van der Waals surface area (Å²) in [5.41, 5.74) is 1.97. The molecule has 2 aliphatic rings. The summed E-state index contributed by atoms with van der Waals surface area (Å²) in [4.78, 5) is 30.8. The van der Waals surface area contributed by atoms with Crippen LogP contribution in [0, 0.1) is 5.92 Å². The fraction of sp³-hybridized carbons (Fsp3) is 0.400. The third kappa shape index (κ3) is 5.54. The van der Waals surface area contributed by atoms with Gasteiger partial charge in [0.25, 0.3) is 5.91 Å². The van der Waals surface area contributed by atoms with Crippen LogP contribution in [0.2, 0.25) is 0 Å². The largest absolute Gasteiger partial charge is 0.497 e. The Labute approximate surface area is 213 Å². The number of hydrogen-bond donors (Lipinski definition) is 1. The zero-order valence-corrected chi connectivity index (χ0v) is 21.0. The average molecular weight is 486 g/mol. The van der Waals surface area contributed by atoms with Crippen molar-refractivity contribution in [3.8, 4) is 5.75 Å². The molecular weight excluding hydrogens is 450 g/mol. The molecule has 6 nitrogen and oxygen atoms in total. The van der Waals surface area contributed by atoms with Gasteiger partial charge in [-0.3, -0.25) is 14.5 Å². The van der Waals surface area contributed by atoms with E-state index in [9.17, 15) is 9.59 Å². The maximum atomic E-state index is 13.4. The first-order chi connectivity index (χ1) is 17.6. The Balaban J connectivity index is 1.14. The number of nitrogens with zero attached hydrogens (tertiary/aromatic N) is 2. The molecule has 1 unspecified atom stereocenters. The first-order valence-electron chi connectivity index (χ1n) is 13.0. The Morgan fingerprint density at radius 3 is 2.56 bits per heavy atom. The topological polar surface area (TPSA) is 61.9 Å². The van der Waals surface area contributed by atoms with Crippen molar-refractivity contribution in [1.29, 1.82) is 0 Å². The van der Waals surface area contributed by atoms with Crippen LogP contribution in [0.5, 0.6) is 5.75 Å². The van der Waals surface area contributed by atoms with Crippen molar-refractivity contribution in [3.05, 3.63) is 77.9 Å². The van der Waals surface area contributed by atoms with E-state index in [2.05, 4.69) is 22.3 Å². The summed E-state index contributed by atoms with van der Waals surface area (Å²) < 4.78 is 5.34. The highest BCUT2D eigenvalue weighted by Crippen LogP contribution is 2.24. The third-order valence-electron chi connectivity index (χ3n) is 7.57. The molecule has 36 heavy (non-hydrogen) atoms. The molecule has 1 N–H and O–H groups in total. The molecule has 0 aromatic heterocycles. The van der Waals surface area contributed by atoms with E-state index in [4.69, 9.17) is 4.74 Å². The van der Waals surface area contributed by atoms with Gasteiger partial charge in [0, 0.05) is 44.3 Å². The smallest absolute Gasteiger partial charge is 0.254 e. The summed E-state index contributed by atoms with van der Waals surface area (Å²) in [6.45, 7) is 4.00. The first kappa shape index (κ1) is 24.3. The highest BCUT2D eigenvalue weighted by Gasteiger charge is 2.31. The van der Waals surface area contributed by atoms with Crippen LogP contribution in [0.1, 0.15) is 41.6 Å². The number of carbonyl (C=O) groups excluding carboxylic acids is 2. The Hall–Kier alpha value is -3.38. The van der Waals surface area contributed by atoms with Crippen LogP contribution in [-0.2, 0) is 11.3 Å². The highest BCUT2D eigenvalue weighted by molar-refractivity contribution is 6.07. The fourth-order valence-electron chi connectivity index (χ4n) is 5.54. The summed E-state index contributed by atoms with van der Waals surface area (Å²) in [5, 5.41) is 5.33. The van der Waals surface area contributed by atoms with E-state index < -0.39 is 0 Å². The number of carbonyl (C=O) groups is 2. The summed E-state index contributed by atoms with van der Waals surface area (Å²) in [6, 6.07) is 22.2. The van der Waals surface area contributed by atoms with Crippen LogP contribution in [0.15, 0.2) is 66.7 Å². The zero-order chi connectivity index (χ0) is 24.9. The summed E-state index contributed by atoms with van der Waals surface area (Å²) in [7, 11) is 1.69. The highest BCUT2D eigenvalue weighted by atomic mass is 16.5. The van der Waals surface area contributed by atoms with Gasteiger partial charge in [0.15, 0.2) is 0 Å². The minimum atomic E-state index is -0.146. The lowest BCUT2D eigenvalue weighted by molar-refractivity contribution is -0.127. The predicted octanol–water partition coefficient (Wildman–Crippen LogP) is 4.48. The van der Waals surface area contributed by atoms with Gasteiger partial charge in [-0.1, -0.05) is 48.5 Å². The number of likely N-dealkylation sites (tertiary alicyclic amines) is 2. The molecule has 0 radical (unpaired) electrons. The Kier molecular flexibility index (Phi) is 7.52. The molecule has 2 saturated heterocycles. The maximum absolute atomic E-state index is 13.4. The second-order valence-electron chi connectivity index (χ2n) is 10.0. The number of fused-ring (bicyclic) bond motifs is 1. The molecule has 0 aliphatic carbocycles. The van der Waals surface area contributed by atoms with Gasteiger partial charge in [-0.15, -0.1) is 0 Å². The van der Waals surface area contributed by atoms with E-state index in [0.717, 1.165) is 67.4 Å². The van der Waals surface area contributed by atoms with Crippen molar-refractivity contribution in [3.63, 3.8) is 0 Å². The molecular formula is C30H35N3O3. The van der Waals surface area contributed by atoms with Gasteiger partial charge in [0.2, 0.25) is 5.91 Å². The summed E-state index contributed by atoms with van der Waals surface area (Å²) in [6.07, 6.45) is 3.58. The average Bonchev–Trinajstić information content (AvgIpc) is 2.93. The van der Waals surface area contributed by atoms with E-state index in [-0.39, 0.29) is 23.8 Å². The van der Waals surface area contributed by atoms with Gasteiger partial charge in [-0.25, -0.2) is 0 Å². The van der Waals surface area contributed by atoms with Crippen LogP contribution >= 0.6 is 0 Å². The normalized spacial score (nSPS) is 19.2. The van der Waals surface area contributed by atoms with E-state index in [1.54, 1.807) is 7.11 Å². The summed E-state index contributed by atoms with van der Waals surface area (Å²) >= 11 is 0. The summed E-state index contributed by atoms with van der Waals surface area (Å²) in [5.74, 6) is 0.856.